The van der Waals surface area contributed by atoms with Gasteiger partial charge < -0.3 is 14.8 Å². The summed E-state index contributed by atoms with van der Waals surface area (Å²) < 4.78 is 47.8. The average Bonchev–Trinajstić information content (AvgIpc) is 2.59. The van der Waals surface area contributed by atoms with E-state index < -0.39 is 17.6 Å². The Hall–Kier alpha value is -2.91. The minimum atomic E-state index is -4.45. The van der Waals surface area contributed by atoms with E-state index in [-0.39, 0.29) is 36.4 Å². The lowest BCUT2D eigenvalue weighted by molar-refractivity contribution is -0.137. The summed E-state index contributed by atoms with van der Waals surface area (Å²) in [4.78, 5) is 23.6. The van der Waals surface area contributed by atoms with Crippen molar-refractivity contribution in [2.45, 2.75) is 19.1 Å². The molecule has 0 aliphatic carbocycles. The zero-order valence-electron chi connectivity index (χ0n) is 13.4. The van der Waals surface area contributed by atoms with Crippen molar-refractivity contribution in [1.29, 1.82) is 0 Å². The fourth-order valence-electron chi connectivity index (χ4n) is 1.92. The average molecular weight is 356 g/mol. The molecule has 0 aliphatic heterocycles. The van der Waals surface area contributed by atoms with Crippen LogP contribution < -0.4 is 14.8 Å². The van der Waals surface area contributed by atoms with Crippen LogP contribution in [0, 0.1) is 0 Å². The van der Waals surface area contributed by atoms with Crippen LogP contribution in [0.5, 0.6) is 12.0 Å². The number of rotatable bonds is 6. The van der Waals surface area contributed by atoms with Gasteiger partial charge >= 0.3 is 18.2 Å². The largest absolute Gasteiger partial charge is 0.467 e. The molecule has 0 radical (unpaired) electrons. The molecule has 0 atom stereocenters. The van der Waals surface area contributed by atoms with E-state index in [2.05, 4.69) is 20.3 Å². The minimum Gasteiger partial charge on any atom is -0.467 e. The number of aromatic nitrogens is 3. The van der Waals surface area contributed by atoms with Gasteiger partial charge in [-0.05, 0) is 11.6 Å². The summed E-state index contributed by atoms with van der Waals surface area (Å²) in [5.41, 5.74) is -0.553. The molecule has 2 rings (SSSR count). The first-order chi connectivity index (χ1) is 11.8. The van der Waals surface area contributed by atoms with Gasteiger partial charge in [0.15, 0.2) is 5.82 Å². The minimum absolute atomic E-state index is 0.0222. The number of amides is 1. The SMILES string of the molecule is COc1nc(CNC(=O)Cc2cccc(C(F)(F)F)c2)nc(OC)n1. The van der Waals surface area contributed by atoms with Crippen molar-refractivity contribution in [3.63, 3.8) is 0 Å². The first-order valence-corrected chi connectivity index (χ1v) is 7.07. The molecule has 1 N–H and O–H groups in total. The van der Waals surface area contributed by atoms with Crippen LogP contribution in [-0.4, -0.2) is 35.1 Å². The van der Waals surface area contributed by atoms with Gasteiger partial charge in [-0.2, -0.15) is 23.1 Å². The van der Waals surface area contributed by atoms with Gasteiger partial charge in [-0.15, -0.1) is 4.98 Å². The van der Waals surface area contributed by atoms with Crippen LogP contribution in [0.15, 0.2) is 24.3 Å². The number of halogens is 3. The fraction of sp³-hybridized carbons (Fsp3) is 0.333. The van der Waals surface area contributed by atoms with E-state index in [9.17, 15) is 18.0 Å². The fourth-order valence-corrected chi connectivity index (χ4v) is 1.92. The van der Waals surface area contributed by atoms with Crippen LogP contribution in [0.25, 0.3) is 0 Å². The highest BCUT2D eigenvalue weighted by molar-refractivity contribution is 5.78. The lowest BCUT2D eigenvalue weighted by Gasteiger charge is -2.09. The summed E-state index contributed by atoms with van der Waals surface area (Å²) in [6.07, 6.45) is -4.66. The molecule has 0 saturated carbocycles. The second kappa shape index (κ2) is 7.77. The van der Waals surface area contributed by atoms with Crippen molar-refractivity contribution in [2.24, 2.45) is 0 Å². The van der Waals surface area contributed by atoms with Crippen LogP contribution in [0.1, 0.15) is 17.0 Å². The predicted octanol–water partition coefficient (Wildman–Crippen LogP) is 1.77. The molecule has 0 aliphatic rings. The molecule has 1 aromatic heterocycles. The van der Waals surface area contributed by atoms with Gasteiger partial charge in [0.2, 0.25) is 5.91 Å². The third-order valence-electron chi connectivity index (χ3n) is 3.07. The van der Waals surface area contributed by atoms with Gasteiger partial charge in [0.25, 0.3) is 0 Å². The number of carbonyl (C=O) groups excluding carboxylic acids is 1. The van der Waals surface area contributed by atoms with Crippen molar-refractivity contribution < 1.29 is 27.4 Å². The van der Waals surface area contributed by atoms with Crippen molar-refractivity contribution in [2.75, 3.05) is 14.2 Å². The van der Waals surface area contributed by atoms with Crippen molar-refractivity contribution >= 4 is 5.91 Å². The van der Waals surface area contributed by atoms with Gasteiger partial charge in [0, 0.05) is 0 Å². The number of hydrogen-bond acceptors (Lipinski definition) is 6. The van der Waals surface area contributed by atoms with Gasteiger partial charge in [0.1, 0.15) is 0 Å². The summed E-state index contributed by atoms with van der Waals surface area (Å²) in [5.74, 6) is -0.279. The van der Waals surface area contributed by atoms with E-state index in [0.717, 1.165) is 12.1 Å². The standard InChI is InChI=1S/C15H15F3N4O3/c1-24-13-20-11(21-14(22-13)25-2)8-19-12(23)7-9-4-3-5-10(6-9)15(16,17)18/h3-6H,7-8H2,1-2H3,(H,19,23). The molecule has 0 spiro atoms. The molecule has 0 bridgehead atoms. The molecule has 25 heavy (non-hydrogen) atoms. The maximum atomic E-state index is 12.7. The highest BCUT2D eigenvalue weighted by Crippen LogP contribution is 2.29. The quantitative estimate of drug-likeness (QED) is 0.849. The third-order valence-corrected chi connectivity index (χ3v) is 3.07. The molecular weight excluding hydrogens is 341 g/mol. The van der Waals surface area contributed by atoms with E-state index in [1.54, 1.807) is 0 Å². The molecule has 0 fully saturated rings. The van der Waals surface area contributed by atoms with E-state index >= 15 is 0 Å². The Bertz CT molecular complexity index is 731. The topological polar surface area (TPSA) is 86.2 Å². The van der Waals surface area contributed by atoms with E-state index in [4.69, 9.17) is 9.47 Å². The Labute approximate surface area is 141 Å². The predicted molar refractivity (Wildman–Crippen MR) is 79.9 cm³/mol. The lowest BCUT2D eigenvalue weighted by Crippen LogP contribution is -2.26. The zero-order valence-corrected chi connectivity index (χ0v) is 13.4. The number of carbonyl (C=O) groups is 1. The molecule has 1 heterocycles. The molecule has 7 nitrogen and oxygen atoms in total. The summed E-state index contributed by atoms with van der Waals surface area (Å²) in [6.45, 7) is -0.0486. The van der Waals surface area contributed by atoms with E-state index in [1.165, 1.54) is 26.4 Å². The first-order valence-electron chi connectivity index (χ1n) is 7.07. The number of hydrogen-bond donors (Lipinski definition) is 1. The lowest BCUT2D eigenvalue weighted by atomic mass is 10.1. The highest BCUT2D eigenvalue weighted by Gasteiger charge is 2.30. The van der Waals surface area contributed by atoms with Crippen molar-refractivity contribution in [3.05, 3.63) is 41.2 Å². The summed E-state index contributed by atoms with van der Waals surface area (Å²) in [6, 6.07) is 4.64. The smallest absolute Gasteiger partial charge is 0.416 e. The zero-order chi connectivity index (χ0) is 18.4. The van der Waals surface area contributed by atoms with Crippen molar-refractivity contribution in [3.8, 4) is 12.0 Å². The van der Waals surface area contributed by atoms with E-state index in [0.29, 0.717) is 0 Å². The Morgan fingerprint density at radius 3 is 2.32 bits per heavy atom. The van der Waals surface area contributed by atoms with Gasteiger partial charge in [0.05, 0.1) is 32.7 Å². The second-order valence-corrected chi connectivity index (χ2v) is 4.88. The number of nitrogens with one attached hydrogen (secondary N) is 1. The van der Waals surface area contributed by atoms with Crippen LogP contribution >= 0.6 is 0 Å². The summed E-state index contributed by atoms with van der Waals surface area (Å²) >= 11 is 0. The van der Waals surface area contributed by atoms with Crippen molar-refractivity contribution in [1.82, 2.24) is 20.3 Å². The number of methoxy groups -OCH3 is 2. The molecule has 0 unspecified atom stereocenters. The molecular formula is C15H15F3N4O3. The molecule has 2 aromatic rings. The number of benzene rings is 1. The normalized spacial score (nSPS) is 11.1. The maximum Gasteiger partial charge on any atom is 0.416 e. The summed E-state index contributed by atoms with van der Waals surface area (Å²) in [5, 5.41) is 2.52. The molecule has 1 aromatic carbocycles. The maximum absolute atomic E-state index is 12.7. The van der Waals surface area contributed by atoms with Crippen LogP contribution in [0.2, 0.25) is 0 Å². The molecule has 10 heteroatoms. The van der Waals surface area contributed by atoms with Crippen LogP contribution in [0.3, 0.4) is 0 Å². The number of alkyl halides is 3. The molecule has 1 amide bonds. The Kier molecular flexibility index (Phi) is 5.73. The molecule has 134 valence electrons. The van der Waals surface area contributed by atoms with Crippen LogP contribution in [0.4, 0.5) is 13.2 Å². The number of nitrogens with zero attached hydrogens (tertiary/aromatic N) is 3. The Morgan fingerprint density at radius 2 is 1.76 bits per heavy atom. The Morgan fingerprint density at radius 1 is 1.12 bits per heavy atom. The number of ether oxygens (including phenoxy) is 2. The van der Waals surface area contributed by atoms with Gasteiger partial charge in [-0.3, -0.25) is 4.79 Å². The molecule has 0 saturated heterocycles. The first kappa shape index (κ1) is 18.4. The monoisotopic (exact) mass is 356 g/mol. The van der Waals surface area contributed by atoms with Gasteiger partial charge in [-0.1, -0.05) is 18.2 Å². The van der Waals surface area contributed by atoms with Crippen LogP contribution in [-0.2, 0) is 23.9 Å². The highest BCUT2D eigenvalue weighted by atomic mass is 19.4. The summed E-state index contributed by atoms with van der Waals surface area (Å²) in [7, 11) is 2.73. The third kappa shape index (κ3) is 5.30. The second-order valence-electron chi connectivity index (χ2n) is 4.88. The van der Waals surface area contributed by atoms with E-state index in [1.807, 2.05) is 0 Å². The Balaban J connectivity index is 1.99. The van der Waals surface area contributed by atoms with Gasteiger partial charge in [-0.25, -0.2) is 0 Å².